The van der Waals surface area contributed by atoms with E-state index in [9.17, 15) is 19.5 Å². The fraction of sp³-hybridized carbons (Fsp3) is 0.550. The number of nitrogens with one attached hydrogen (secondary N) is 1. The summed E-state index contributed by atoms with van der Waals surface area (Å²) in [6.45, 7) is 3.83. The van der Waals surface area contributed by atoms with Crippen molar-refractivity contribution in [2.45, 2.75) is 45.3 Å². The second-order valence-electron chi connectivity index (χ2n) is 7.62. The molecule has 1 aromatic heterocycles. The zero-order valence-corrected chi connectivity index (χ0v) is 15.6. The highest BCUT2D eigenvalue weighted by molar-refractivity contribution is 6.08. The highest BCUT2D eigenvalue weighted by Crippen LogP contribution is 2.37. The molecule has 2 N–H and O–H groups in total. The molecule has 1 aromatic rings. The number of hydrogen-bond acceptors (Lipinski definition) is 5. The van der Waals surface area contributed by atoms with Gasteiger partial charge in [-0.05, 0) is 37.3 Å². The third-order valence-electron chi connectivity index (χ3n) is 5.19. The summed E-state index contributed by atoms with van der Waals surface area (Å²) in [6, 6.07) is 2.41. The first-order valence-corrected chi connectivity index (χ1v) is 9.41. The molecule has 0 radical (unpaired) electrons. The molecule has 1 aliphatic carbocycles. The third-order valence-corrected chi connectivity index (χ3v) is 5.19. The van der Waals surface area contributed by atoms with E-state index < -0.39 is 18.1 Å². The van der Waals surface area contributed by atoms with Gasteiger partial charge >= 0.3 is 0 Å². The van der Waals surface area contributed by atoms with Crippen LogP contribution in [0.4, 0.5) is 0 Å². The number of carbonyl (C=O) groups is 3. The molecule has 4 unspecified atom stereocenters. The highest BCUT2D eigenvalue weighted by Gasteiger charge is 2.51. The van der Waals surface area contributed by atoms with E-state index in [4.69, 9.17) is 4.42 Å². The summed E-state index contributed by atoms with van der Waals surface area (Å²) < 4.78 is 5.12. The van der Waals surface area contributed by atoms with Crippen LogP contribution in [-0.2, 0) is 14.4 Å². The number of carbonyl (C=O) groups excluding carboxylic acids is 3. The molecule has 7 nitrogen and oxygen atoms in total. The molecule has 3 amide bonds. The van der Waals surface area contributed by atoms with Gasteiger partial charge in [0.15, 0.2) is 0 Å². The molecule has 146 valence electrons. The Hall–Kier alpha value is -2.41. The van der Waals surface area contributed by atoms with Gasteiger partial charge in [0, 0.05) is 0 Å². The minimum Gasteiger partial charge on any atom is -0.467 e. The van der Waals surface area contributed by atoms with Crippen molar-refractivity contribution in [1.82, 2.24) is 10.2 Å². The summed E-state index contributed by atoms with van der Waals surface area (Å²) in [5.41, 5.74) is 0. The highest BCUT2D eigenvalue weighted by atomic mass is 16.4. The van der Waals surface area contributed by atoms with Crippen molar-refractivity contribution in [3.63, 3.8) is 0 Å². The van der Waals surface area contributed by atoms with E-state index in [0.717, 1.165) is 4.90 Å². The van der Waals surface area contributed by atoms with Gasteiger partial charge in [0.1, 0.15) is 17.9 Å². The Labute approximate surface area is 158 Å². The lowest BCUT2D eigenvalue weighted by atomic mass is 9.85. The quantitative estimate of drug-likeness (QED) is 0.560. The molecule has 1 saturated heterocycles. The van der Waals surface area contributed by atoms with Crippen LogP contribution in [0.2, 0.25) is 0 Å². The van der Waals surface area contributed by atoms with Crippen LogP contribution in [0.1, 0.15) is 45.0 Å². The molecule has 4 atom stereocenters. The minimum absolute atomic E-state index is 0.0500. The number of rotatable bonds is 7. The lowest BCUT2D eigenvalue weighted by molar-refractivity contribution is -0.148. The molecule has 0 aromatic carbocycles. The Morgan fingerprint density at radius 3 is 2.41 bits per heavy atom. The maximum absolute atomic E-state index is 12.8. The summed E-state index contributed by atoms with van der Waals surface area (Å²) in [5, 5.41) is 12.8. The van der Waals surface area contributed by atoms with Gasteiger partial charge in [-0.15, -0.1) is 0 Å². The third kappa shape index (κ3) is 3.98. The minimum atomic E-state index is -0.986. The van der Waals surface area contributed by atoms with Gasteiger partial charge in [-0.2, -0.15) is 0 Å². The molecule has 27 heavy (non-hydrogen) atoms. The summed E-state index contributed by atoms with van der Waals surface area (Å²) in [7, 11) is 0. The molecule has 0 saturated carbocycles. The maximum Gasteiger partial charge on any atom is 0.243 e. The van der Waals surface area contributed by atoms with Crippen molar-refractivity contribution >= 4 is 17.7 Å². The molecule has 0 spiro atoms. The molecule has 0 bridgehead atoms. The fourth-order valence-electron chi connectivity index (χ4n) is 3.81. The Bertz CT molecular complexity index is 699. The standard InChI is InChI=1S/C20H26N2O5/c1-12(2)10-15(18(24)21-11-16(23)17-8-5-9-27-17)22-19(25)13-6-3-4-7-14(13)20(22)26/h3-5,8-9,12-16,23H,6-7,10-11H2,1-2H3,(H,21,24). The van der Waals surface area contributed by atoms with Crippen LogP contribution in [-0.4, -0.2) is 40.3 Å². The van der Waals surface area contributed by atoms with E-state index in [1.807, 2.05) is 26.0 Å². The zero-order chi connectivity index (χ0) is 19.6. The van der Waals surface area contributed by atoms with Crippen LogP contribution in [0.25, 0.3) is 0 Å². The van der Waals surface area contributed by atoms with Crippen molar-refractivity contribution < 1.29 is 23.9 Å². The van der Waals surface area contributed by atoms with Crippen molar-refractivity contribution in [1.29, 1.82) is 0 Å². The SMILES string of the molecule is CC(C)CC(C(=O)NCC(O)c1ccco1)N1C(=O)C2CC=CCC2C1=O. The first-order valence-electron chi connectivity index (χ1n) is 9.41. The Kier molecular flexibility index (Phi) is 5.79. The zero-order valence-electron chi connectivity index (χ0n) is 15.6. The van der Waals surface area contributed by atoms with Gasteiger partial charge in [-0.1, -0.05) is 26.0 Å². The van der Waals surface area contributed by atoms with Crippen LogP contribution in [0.5, 0.6) is 0 Å². The summed E-state index contributed by atoms with van der Waals surface area (Å²) >= 11 is 0. The summed E-state index contributed by atoms with van der Waals surface area (Å²) in [6.07, 6.45) is 5.77. The number of allylic oxidation sites excluding steroid dienone is 2. The van der Waals surface area contributed by atoms with E-state index in [1.165, 1.54) is 6.26 Å². The monoisotopic (exact) mass is 374 g/mol. The van der Waals surface area contributed by atoms with Gasteiger partial charge in [0.2, 0.25) is 17.7 Å². The second kappa shape index (κ2) is 8.08. The number of hydrogen-bond donors (Lipinski definition) is 2. The lowest BCUT2D eigenvalue weighted by Gasteiger charge is -2.27. The predicted molar refractivity (Wildman–Crippen MR) is 97.1 cm³/mol. The fourth-order valence-corrected chi connectivity index (χ4v) is 3.81. The van der Waals surface area contributed by atoms with E-state index in [1.54, 1.807) is 12.1 Å². The van der Waals surface area contributed by atoms with Crippen LogP contribution >= 0.6 is 0 Å². The smallest absolute Gasteiger partial charge is 0.243 e. The van der Waals surface area contributed by atoms with E-state index in [2.05, 4.69) is 5.32 Å². The second-order valence-corrected chi connectivity index (χ2v) is 7.62. The first-order chi connectivity index (χ1) is 12.9. The van der Waals surface area contributed by atoms with Crippen LogP contribution < -0.4 is 5.32 Å². The average Bonchev–Trinajstić information content (AvgIpc) is 3.26. The number of amides is 3. The van der Waals surface area contributed by atoms with E-state index in [-0.39, 0.29) is 36.1 Å². The topological polar surface area (TPSA) is 99.8 Å². The van der Waals surface area contributed by atoms with Crippen molar-refractivity contribution in [2.24, 2.45) is 17.8 Å². The van der Waals surface area contributed by atoms with Crippen LogP contribution in [0, 0.1) is 17.8 Å². The summed E-state index contributed by atoms with van der Waals surface area (Å²) in [4.78, 5) is 39.6. The Balaban J connectivity index is 1.72. The average molecular weight is 374 g/mol. The normalized spacial score (nSPS) is 24.2. The molecule has 3 rings (SSSR count). The van der Waals surface area contributed by atoms with Crippen LogP contribution in [0.15, 0.2) is 35.0 Å². The summed E-state index contributed by atoms with van der Waals surface area (Å²) in [5.74, 6) is -1.21. The van der Waals surface area contributed by atoms with Crippen LogP contribution in [0.3, 0.4) is 0 Å². The van der Waals surface area contributed by atoms with E-state index >= 15 is 0 Å². The number of furan rings is 1. The maximum atomic E-state index is 12.8. The van der Waals surface area contributed by atoms with Crippen molar-refractivity contribution in [3.05, 3.63) is 36.3 Å². The molecule has 1 aliphatic heterocycles. The number of fused-ring (bicyclic) bond motifs is 1. The number of nitrogens with zero attached hydrogens (tertiary/aromatic N) is 1. The number of likely N-dealkylation sites (tertiary alicyclic amines) is 1. The van der Waals surface area contributed by atoms with Gasteiger partial charge in [0.25, 0.3) is 0 Å². The van der Waals surface area contributed by atoms with Gasteiger partial charge in [-0.25, -0.2) is 0 Å². The van der Waals surface area contributed by atoms with Gasteiger partial charge in [0.05, 0.1) is 24.6 Å². The van der Waals surface area contributed by atoms with Gasteiger partial charge in [-0.3, -0.25) is 19.3 Å². The lowest BCUT2D eigenvalue weighted by Crippen LogP contribution is -2.51. The molecule has 1 fully saturated rings. The Morgan fingerprint density at radius 1 is 1.26 bits per heavy atom. The molecular formula is C20H26N2O5. The largest absolute Gasteiger partial charge is 0.467 e. The molecule has 2 heterocycles. The number of aliphatic hydroxyl groups is 1. The molecule has 2 aliphatic rings. The predicted octanol–water partition coefficient (Wildman–Crippen LogP) is 1.80. The van der Waals surface area contributed by atoms with Gasteiger partial charge < -0.3 is 14.8 Å². The first kappa shape index (κ1) is 19.4. The number of aliphatic hydroxyl groups excluding tert-OH is 1. The molecule has 7 heteroatoms. The number of imide groups is 1. The van der Waals surface area contributed by atoms with Crippen molar-refractivity contribution in [3.8, 4) is 0 Å². The van der Waals surface area contributed by atoms with E-state index in [0.29, 0.717) is 25.0 Å². The Morgan fingerprint density at radius 2 is 1.89 bits per heavy atom. The molecular weight excluding hydrogens is 348 g/mol. The van der Waals surface area contributed by atoms with Crippen molar-refractivity contribution in [2.75, 3.05) is 6.54 Å².